The summed E-state index contributed by atoms with van der Waals surface area (Å²) in [5.41, 5.74) is 3.15. The van der Waals surface area contributed by atoms with E-state index < -0.39 is 0 Å². The molecule has 0 saturated carbocycles. The number of unbranched alkanes of at least 4 members (excludes halogenated alkanes) is 1. The monoisotopic (exact) mass is 167 g/mol. The lowest BCUT2D eigenvalue weighted by Crippen LogP contribution is -2.15. The minimum atomic E-state index is 1.09. The molecule has 1 heteroatoms. The van der Waals surface area contributed by atoms with E-state index in [0.29, 0.717) is 0 Å². The minimum Gasteiger partial charge on any atom is -0.317 e. The van der Waals surface area contributed by atoms with Crippen molar-refractivity contribution in [2.75, 3.05) is 13.1 Å². The second kappa shape index (κ2) is 10.5. The average Bonchev–Trinajstić information content (AvgIpc) is 2.10. The maximum absolute atomic E-state index is 3.37. The van der Waals surface area contributed by atoms with E-state index in [9.17, 15) is 0 Å². The van der Waals surface area contributed by atoms with Crippen LogP contribution in [0.5, 0.6) is 0 Å². The van der Waals surface area contributed by atoms with Gasteiger partial charge >= 0.3 is 0 Å². The quantitative estimate of drug-likeness (QED) is 0.454. The normalized spacial score (nSPS) is 9.17. The molecule has 0 amide bonds. The molecule has 1 nitrogen and oxygen atoms in total. The molecule has 0 aliphatic rings. The molecule has 0 spiro atoms. The zero-order chi connectivity index (χ0) is 9.07. The molecule has 0 aromatic rings. The molecule has 0 unspecified atom stereocenters. The number of hydrogen-bond donors (Lipinski definition) is 1. The highest BCUT2D eigenvalue weighted by molar-refractivity contribution is 4.83. The summed E-state index contributed by atoms with van der Waals surface area (Å²) in [6.07, 6.45) is 8.88. The second-order valence-corrected chi connectivity index (χ2v) is 2.88. The Labute approximate surface area is 76.6 Å². The highest BCUT2D eigenvalue weighted by atomic mass is 14.8. The lowest BCUT2D eigenvalue weighted by molar-refractivity contribution is 0.645. The van der Waals surface area contributed by atoms with Gasteiger partial charge in [-0.05, 0) is 50.9 Å². The van der Waals surface area contributed by atoms with Crippen LogP contribution < -0.4 is 5.32 Å². The second-order valence-electron chi connectivity index (χ2n) is 2.88. The Balaban J connectivity index is 3.05. The van der Waals surface area contributed by atoms with Crippen molar-refractivity contribution in [1.82, 2.24) is 5.32 Å². The lowest BCUT2D eigenvalue weighted by Gasteiger charge is -1.98. The highest BCUT2D eigenvalue weighted by Crippen LogP contribution is 1.88. The molecule has 70 valence electrons. The molecular weight excluding hydrogens is 146 g/mol. The summed E-state index contributed by atoms with van der Waals surface area (Å²) in [6.45, 7) is 6.60. The molecule has 0 heterocycles. The van der Waals surface area contributed by atoms with Gasteiger partial charge in [0, 0.05) is 0 Å². The first-order chi connectivity index (χ1) is 5.91. The van der Waals surface area contributed by atoms with Crippen LogP contribution in [0.3, 0.4) is 0 Å². The van der Waals surface area contributed by atoms with Crippen molar-refractivity contribution in [2.45, 2.75) is 39.5 Å². The fourth-order valence-electron chi connectivity index (χ4n) is 0.915. The van der Waals surface area contributed by atoms with E-state index in [2.05, 4.69) is 37.0 Å². The molecule has 0 bridgehead atoms. The first-order valence-corrected chi connectivity index (χ1v) is 5.02. The Kier molecular flexibility index (Phi) is 10.0. The molecule has 0 saturated heterocycles. The van der Waals surface area contributed by atoms with E-state index in [0.717, 1.165) is 25.9 Å². The topological polar surface area (TPSA) is 12.0 Å². The number of nitrogens with one attached hydrogen (secondary N) is 1. The predicted octanol–water partition coefficient (Wildman–Crippen LogP) is 2.89. The van der Waals surface area contributed by atoms with Gasteiger partial charge in [-0.3, -0.25) is 0 Å². The maximum Gasteiger partial charge on any atom is -0.00457 e. The molecule has 12 heavy (non-hydrogen) atoms. The summed E-state index contributed by atoms with van der Waals surface area (Å²) < 4.78 is 0. The van der Waals surface area contributed by atoms with Gasteiger partial charge in [-0.2, -0.15) is 0 Å². The molecule has 0 aromatic carbocycles. The summed E-state index contributed by atoms with van der Waals surface area (Å²) in [4.78, 5) is 0. The standard InChI is InChI=1S/C11H21N/c1-3-5-6-7-8-9-11-12-10-4-2/h5,7,12H,3-4,8-11H2,1-2H3. The van der Waals surface area contributed by atoms with Gasteiger partial charge in [0.25, 0.3) is 0 Å². The van der Waals surface area contributed by atoms with Gasteiger partial charge in [-0.1, -0.05) is 13.8 Å². The average molecular weight is 167 g/mol. The summed E-state index contributed by atoms with van der Waals surface area (Å²) in [6, 6.07) is 0. The van der Waals surface area contributed by atoms with Crippen molar-refractivity contribution in [3.8, 4) is 0 Å². The first-order valence-electron chi connectivity index (χ1n) is 5.02. The van der Waals surface area contributed by atoms with Crippen LogP contribution in [-0.2, 0) is 0 Å². The summed E-state index contributed by atoms with van der Waals surface area (Å²) in [5.74, 6) is 0. The largest absolute Gasteiger partial charge is 0.317 e. The van der Waals surface area contributed by atoms with Crippen molar-refractivity contribution in [2.24, 2.45) is 0 Å². The maximum atomic E-state index is 3.37. The fraction of sp³-hybridized carbons (Fsp3) is 0.727. The fourth-order valence-corrected chi connectivity index (χ4v) is 0.915. The zero-order valence-electron chi connectivity index (χ0n) is 8.40. The van der Waals surface area contributed by atoms with Crippen molar-refractivity contribution in [1.29, 1.82) is 0 Å². The van der Waals surface area contributed by atoms with Gasteiger partial charge in [-0.25, -0.2) is 0 Å². The van der Waals surface area contributed by atoms with Crippen molar-refractivity contribution < 1.29 is 0 Å². The minimum absolute atomic E-state index is 1.09. The highest BCUT2D eigenvalue weighted by Gasteiger charge is 1.82. The first kappa shape index (κ1) is 11.5. The van der Waals surface area contributed by atoms with Crippen molar-refractivity contribution >= 4 is 0 Å². The molecule has 0 aliphatic carbocycles. The van der Waals surface area contributed by atoms with Crippen LogP contribution in [0, 0.1) is 0 Å². The zero-order valence-corrected chi connectivity index (χ0v) is 8.40. The number of hydrogen-bond acceptors (Lipinski definition) is 1. The van der Waals surface area contributed by atoms with Crippen LogP contribution in [-0.4, -0.2) is 13.1 Å². The molecule has 0 aromatic heterocycles. The van der Waals surface area contributed by atoms with Gasteiger partial charge in [0.1, 0.15) is 0 Å². The smallest absolute Gasteiger partial charge is 0.00457 e. The molecule has 0 fully saturated rings. The molecule has 0 aliphatic heterocycles. The van der Waals surface area contributed by atoms with Crippen LogP contribution in [0.25, 0.3) is 0 Å². The third kappa shape index (κ3) is 9.48. The number of rotatable bonds is 7. The van der Waals surface area contributed by atoms with Gasteiger partial charge in [-0.15, -0.1) is 5.73 Å². The summed E-state index contributed by atoms with van der Waals surface area (Å²) >= 11 is 0. The Hall–Kier alpha value is -0.520. The third-order valence-corrected chi connectivity index (χ3v) is 1.57. The Morgan fingerprint density at radius 1 is 1.17 bits per heavy atom. The van der Waals surface area contributed by atoms with Crippen LogP contribution in [0.15, 0.2) is 17.9 Å². The third-order valence-electron chi connectivity index (χ3n) is 1.57. The van der Waals surface area contributed by atoms with Crippen LogP contribution in [0.2, 0.25) is 0 Å². The lowest BCUT2D eigenvalue weighted by atomic mass is 10.3. The van der Waals surface area contributed by atoms with Crippen molar-refractivity contribution in [3.63, 3.8) is 0 Å². The molecule has 0 rings (SSSR count). The Morgan fingerprint density at radius 2 is 2.00 bits per heavy atom. The van der Waals surface area contributed by atoms with E-state index in [1.165, 1.54) is 12.8 Å². The molecule has 0 radical (unpaired) electrons. The summed E-state index contributed by atoms with van der Waals surface area (Å²) in [5, 5.41) is 3.37. The number of allylic oxidation sites excluding steroid dienone is 1. The van der Waals surface area contributed by atoms with E-state index in [-0.39, 0.29) is 0 Å². The SMILES string of the molecule is CCC=C=CCCCNCCC. The Morgan fingerprint density at radius 3 is 2.67 bits per heavy atom. The van der Waals surface area contributed by atoms with Gasteiger partial charge in [0.15, 0.2) is 0 Å². The van der Waals surface area contributed by atoms with Gasteiger partial charge in [0.05, 0.1) is 0 Å². The molecular formula is C11H21N. The van der Waals surface area contributed by atoms with Crippen molar-refractivity contribution in [3.05, 3.63) is 17.9 Å². The predicted molar refractivity (Wildman–Crippen MR) is 55.3 cm³/mol. The van der Waals surface area contributed by atoms with Crippen LogP contribution in [0.1, 0.15) is 39.5 Å². The van der Waals surface area contributed by atoms with E-state index in [4.69, 9.17) is 0 Å². The van der Waals surface area contributed by atoms with Crippen LogP contribution in [0.4, 0.5) is 0 Å². The molecule has 1 N–H and O–H groups in total. The van der Waals surface area contributed by atoms with E-state index >= 15 is 0 Å². The Bertz CT molecular complexity index is 132. The van der Waals surface area contributed by atoms with E-state index in [1.54, 1.807) is 0 Å². The van der Waals surface area contributed by atoms with Crippen LogP contribution >= 0.6 is 0 Å². The van der Waals surface area contributed by atoms with Gasteiger partial charge < -0.3 is 5.32 Å². The van der Waals surface area contributed by atoms with E-state index in [1.807, 2.05) is 0 Å². The summed E-state index contributed by atoms with van der Waals surface area (Å²) in [7, 11) is 0. The van der Waals surface area contributed by atoms with Gasteiger partial charge in [0.2, 0.25) is 0 Å². The molecule has 0 atom stereocenters.